The Bertz CT molecular complexity index is 659. The lowest BCUT2D eigenvalue weighted by Crippen LogP contribution is -2.16. The van der Waals surface area contributed by atoms with Gasteiger partial charge in [0.2, 0.25) is 5.13 Å². The molecule has 0 radical (unpaired) electrons. The Hall–Kier alpha value is -1.71. The van der Waals surface area contributed by atoms with E-state index >= 15 is 0 Å². The van der Waals surface area contributed by atoms with Gasteiger partial charge in [-0.25, -0.2) is 8.42 Å². The Morgan fingerprint density at radius 1 is 1.26 bits per heavy atom. The highest BCUT2D eigenvalue weighted by molar-refractivity contribution is 7.93. The van der Waals surface area contributed by atoms with Crippen molar-refractivity contribution in [3.05, 3.63) is 28.8 Å². The fourth-order valence-electron chi connectivity index (χ4n) is 1.84. The first kappa shape index (κ1) is 13.7. The quantitative estimate of drug-likeness (QED) is 0.579. The molecular formula is C10H13N5O2S2. The van der Waals surface area contributed by atoms with Gasteiger partial charge in [-0.3, -0.25) is 10.6 Å². The minimum Gasteiger partial charge on any atom is -0.324 e. The van der Waals surface area contributed by atoms with E-state index in [1.807, 2.05) is 0 Å². The molecular weight excluding hydrogens is 286 g/mol. The van der Waals surface area contributed by atoms with E-state index in [-0.39, 0.29) is 10.0 Å². The van der Waals surface area contributed by atoms with Crippen LogP contribution in [0.15, 0.2) is 22.5 Å². The van der Waals surface area contributed by atoms with Crippen LogP contribution in [0.5, 0.6) is 0 Å². The van der Waals surface area contributed by atoms with Crippen molar-refractivity contribution in [1.29, 1.82) is 0 Å². The van der Waals surface area contributed by atoms with Gasteiger partial charge >= 0.3 is 0 Å². The molecule has 1 aromatic heterocycles. The van der Waals surface area contributed by atoms with Crippen LogP contribution in [0.2, 0.25) is 0 Å². The number of nitrogens with one attached hydrogen (secondary N) is 2. The van der Waals surface area contributed by atoms with Gasteiger partial charge in [0.15, 0.2) is 0 Å². The summed E-state index contributed by atoms with van der Waals surface area (Å²) in [5, 5.41) is 7.49. The van der Waals surface area contributed by atoms with Gasteiger partial charge < -0.3 is 5.43 Å². The van der Waals surface area contributed by atoms with Gasteiger partial charge in [-0.2, -0.15) is 0 Å². The minimum absolute atomic E-state index is 0.224. The van der Waals surface area contributed by atoms with Crippen LogP contribution in [0.4, 0.5) is 10.8 Å². The number of hydrogen-bond donors (Lipinski definition) is 3. The third kappa shape index (κ3) is 2.83. The lowest BCUT2D eigenvalue weighted by Gasteiger charge is -2.13. The number of sulfonamides is 1. The van der Waals surface area contributed by atoms with E-state index in [4.69, 9.17) is 5.84 Å². The molecule has 0 saturated heterocycles. The molecule has 1 heterocycles. The summed E-state index contributed by atoms with van der Waals surface area (Å²) in [6, 6.07) is 3.34. The smallest absolute Gasteiger partial charge is 0.264 e. The molecule has 0 saturated carbocycles. The van der Waals surface area contributed by atoms with Crippen molar-refractivity contribution in [2.45, 2.75) is 18.7 Å². The molecule has 0 atom stereocenters. The first-order valence-electron chi connectivity index (χ1n) is 5.31. The zero-order valence-electron chi connectivity index (χ0n) is 10.3. The van der Waals surface area contributed by atoms with Gasteiger partial charge in [0.25, 0.3) is 10.0 Å². The normalized spacial score (nSPS) is 11.3. The second-order valence-electron chi connectivity index (χ2n) is 3.93. The van der Waals surface area contributed by atoms with E-state index in [0.29, 0.717) is 16.8 Å². The summed E-state index contributed by atoms with van der Waals surface area (Å²) >= 11 is 1.12. The maximum Gasteiger partial charge on any atom is 0.264 e. The van der Waals surface area contributed by atoms with Crippen LogP contribution in [-0.2, 0) is 10.0 Å². The summed E-state index contributed by atoms with van der Waals surface area (Å²) in [6.07, 6.45) is 0. The van der Waals surface area contributed by atoms with Crippen LogP contribution in [0.1, 0.15) is 11.1 Å². The van der Waals surface area contributed by atoms with Gasteiger partial charge in [0, 0.05) is 5.69 Å². The Morgan fingerprint density at radius 3 is 2.37 bits per heavy atom. The number of aromatic nitrogens is 2. The highest BCUT2D eigenvalue weighted by Crippen LogP contribution is 2.26. The Kier molecular flexibility index (Phi) is 3.69. The molecule has 0 spiro atoms. The highest BCUT2D eigenvalue weighted by atomic mass is 32.2. The van der Waals surface area contributed by atoms with Crippen molar-refractivity contribution < 1.29 is 8.42 Å². The Labute approximate surface area is 114 Å². The highest BCUT2D eigenvalue weighted by Gasteiger charge is 2.21. The zero-order chi connectivity index (χ0) is 14.0. The molecule has 2 rings (SSSR count). The molecule has 0 amide bonds. The minimum atomic E-state index is -3.68. The summed E-state index contributed by atoms with van der Waals surface area (Å²) in [5.74, 6) is 5.32. The van der Waals surface area contributed by atoms with Crippen molar-refractivity contribution in [1.82, 2.24) is 10.2 Å². The van der Waals surface area contributed by atoms with Crippen LogP contribution in [0.25, 0.3) is 0 Å². The van der Waals surface area contributed by atoms with Crippen LogP contribution in [-0.4, -0.2) is 18.6 Å². The molecule has 2 aromatic rings. The molecule has 0 aliphatic carbocycles. The Morgan fingerprint density at radius 2 is 1.89 bits per heavy atom. The first-order chi connectivity index (χ1) is 8.94. The molecule has 102 valence electrons. The third-order valence-corrected chi connectivity index (χ3v) is 4.86. The predicted octanol–water partition coefficient (Wildman–Crippen LogP) is 1.24. The topological polar surface area (TPSA) is 110 Å². The lowest BCUT2D eigenvalue weighted by molar-refractivity contribution is 0.600. The zero-order valence-corrected chi connectivity index (χ0v) is 12.0. The molecule has 0 bridgehead atoms. The fourth-order valence-corrected chi connectivity index (χ4v) is 3.99. The summed E-state index contributed by atoms with van der Waals surface area (Å²) in [4.78, 5) is 0.224. The van der Waals surface area contributed by atoms with Gasteiger partial charge in [0.05, 0.1) is 4.90 Å². The number of benzene rings is 1. The molecule has 0 aliphatic rings. The van der Waals surface area contributed by atoms with Crippen LogP contribution in [0, 0.1) is 13.8 Å². The maximum absolute atomic E-state index is 12.3. The maximum atomic E-state index is 12.3. The summed E-state index contributed by atoms with van der Waals surface area (Å²) < 4.78 is 27.0. The number of aryl methyl sites for hydroxylation is 2. The SMILES string of the molecule is Cc1cc(NN)cc(C)c1S(=O)(=O)Nc1nncs1. The van der Waals surface area contributed by atoms with E-state index in [0.717, 1.165) is 11.3 Å². The van der Waals surface area contributed by atoms with E-state index < -0.39 is 10.0 Å². The number of nitrogens with two attached hydrogens (primary N) is 1. The number of hydrazine groups is 1. The first-order valence-corrected chi connectivity index (χ1v) is 7.67. The predicted molar refractivity (Wildman–Crippen MR) is 74.4 cm³/mol. The van der Waals surface area contributed by atoms with Gasteiger partial charge in [-0.15, -0.1) is 10.2 Å². The molecule has 0 aliphatic heterocycles. The second kappa shape index (κ2) is 5.11. The van der Waals surface area contributed by atoms with Crippen molar-refractivity contribution >= 4 is 32.2 Å². The number of anilines is 2. The van der Waals surface area contributed by atoms with Crippen molar-refractivity contribution in [3.63, 3.8) is 0 Å². The molecule has 0 unspecified atom stereocenters. The summed E-state index contributed by atoms with van der Waals surface area (Å²) in [7, 11) is -3.68. The number of rotatable bonds is 4. The lowest BCUT2D eigenvalue weighted by atomic mass is 10.1. The van der Waals surface area contributed by atoms with Crippen molar-refractivity contribution in [2.75, 3.05) is 10.1 Å². The third-order valence-electron chi connectivity index (χ3n) is 2.48. The van der Waals surface area contributed by atoms with Crippen molar-refractivity contribution in [2.24, 2.45) is 5.84 Å². The van der Waals surface area contributed by atoms with Crippen LogP contribution < -0.4 is 16.0 Å². The molecule has 19 heavy (non-hydrogen) atoms. The molecule has 1 aromatic carbocycles. The molecule has 7 nitrogen and oxygen atoms in total. The van der Waals surface area contributed by atoms with Gasteiger partial charge in [0.1, 0.15) is 5.51 Å². The standard InChI is InChI=1S/C10H13N5O2S2/c1-6-3-8(13-11)4-7(2)9(6)19(16,17)15-10-14-12-5-18-10/h3-5,13H,11H2,1-2H3,(H,14,15). The van der Waals surface area contributed by atoms with Gasteiger partial charge in [-0.05, 0) is 37.1 Å². The largest absolute Gasteiger partial charge is 0.324 e. The fraction of sp³-hybridized carbons (Fsp3) is 0.200. The number of nitrogens with zero attached hydrogens (tertiary/aromatic N) is 2. The van der Waals surface area contributed by atoms with Crippen molar-refractivity contribution in [3.8, 4) is 0 Å². The van der Waals surface area contributed by atoms with Gasteiger partial charge in [-0.1, -0.05) is 11.3 Å². The second-order valence-corrected chi connectivity index (χ2v) is 6.39. The Balaban J connectivity index is 2.46. The van der Waals surface area contributed by atoms with E-state index in [1.165, 1.54) is 5.51 Å². The summed E-state index contributed by atoms with van der Waals surface area (Å²) in [6.45, 7) is 3.42. The molecule has 9 heteroatoms. The monoisotopic (exact) mass is 299 g/mol. The van der Waals surface area contributed by atoms with E-state index in [1.54, 1.807) is 26.0 Å². The number of hydrogen-bond acceptors (Lipinski definition) is 7. The molecule has 0 fully saturated rings. The summed E-state index contributed by atoms with van der Waals surface area (Å²) in [5.41, 5.74) is 5.82. The average molecular weight is 299 g/mol. The number of nitrogen functional groups attached to an aromatic ring is 1. The van der Waals surface area contributed by atoms with E-state index in [9.17, 15) is 8.42 Å². The van der Waals surface area contributed by atoms with Crippen LogP contribution >= 0.6 is 11.3 Å². The van der Waals surface area contributed by atoms with E-state index in [2.05, 4.69) is 20.3 Å². The van der Waals surface area contributed by atoms with Crippen LogP contribution in [0.3, 0.4) is 0 Å². The average Bonchev–Trinajstić information content (AvgIpc) is 2.79. The molecule has 4 N–H and O–H groups in total.